The maximum atomic E-state index is 13.5. The molecule has 0 saturated heterocycles. The average molecular weight is 229 g/mol. The van der Waals surface area contributed by atoms with Crippen LogP contribution in [0.2, 0.25) is 0 Å². The first kappa shape index (κ1) is 11.3. The smallest absolute Gasteiger partial charge is 0.141 e. The van der Waals surface area contributed by atoms with E-state index in [1.54, 1.807) is 25.1 Å². The maximum Gasteiger partial charge on any atom is 0.141 e. The Morgan fingerprint density at radius 3 is 2.18 bits per heavy atom. The molecule has 17 heavy (non-hydrogen) atoms. The molecule has 3 heteroatoms. The summed E-state index contributed by atoms with van der Waals surface area (Å²) < 4.78 is 26.9. The third-order valence-corrected chi connectivity index (χ3v) is 2.68. The van der Waals surface area contributed by atoms with Gasteiger partial charge >= 0.3 is 0 Å². The zero-order valence-electron chi connectivity index (χ0n) is 9.17. The molecule has 0 aliphatic heterocycles. The molecule has 84 valence electrons. The Bertz CT molecular complexity index is 612. The van der Waals surface area contributed by atoms with Crippen LogP contribution in [0.15, 0.2) is 36.4 Å². The van der Waals surface area contributed by atoms with Crippen molar-refractivity contribution in [3.05, 3.63) is 59.2 Å². The first-order valence-corrected chi connectivity index (χ1v) is 5.09. The number of benzene rings is 2. The van der Waals surface area contributed by atoms with Gasteiger partial charge in [-0.25, -0.2) is 8.78 Å². The van der Waals surface area contributed by atoms with Crippen LogP contribution in [0.25, 0.3) is 11.1 Å². The van der Waals surface area contributed by atoms with Crippen LogP contribution in [0.5, 0.6) is 0 Å². The number of nitriles is 1. The van der Waals surface area contributed by atoms with Crippen molar-refractivity contribution in [2.45, 2.75) is 6.92 Å². The summed E-state index contributed by atoms with van der Waals surface area (Å²) in [4.78, 5) is 0. The van der Waals surface area contributed by atoms with E-state index in [0.717, 1.165) is 0 Å². The predicted octanol–water partition coefficient (Wildman–Crippen LogP) is 3.81. The van der Waals surface area contributed by atoms with Crippen LogP contribution in [0.4, 0.5) is 8.78 Å². The van der Waals surface area contributed by atoms with Crippen LogP contribution < -0.4 is 0 Å². The van der Waals surface area contributed by atoms with E-state index in [1.165, 1.54) is 18.2 Å². The minimum Gasteiger partial charge on any atom is -0.207 e. The van der Waals surface area contributed by atoms with E-state index in [4.69, 9.17) is 5.26 Å². The van der Waals surface area contributed by atoms with E-state index < -0.39 is 5.82 Å². The lowest BCUT2D eigenvalue weighted by molar-refractivity contribution is 0.618. The van der Waals surface area contributed by atoms with Gasteiger partial charge in [-0.3, -0.25) is 0 Å². The molecule has 0 atom stereocenters. The second kappa shape index (κ2) is 4.34. The summed E-state index contributed by atoms with van der Waals surface area (Å²) in [5, 5.41) is 8.94. The summed E-state index contributed by atoms with van der Waals surface area (Å²) in [6, 6.07) is 10.7. The number of halogens is 2. The van der Waals surface area contributed by atoms with Crippen LogP contribution in [0.1, 0.15) is 11.1 Å². The van der Waals surface area contributed by atoms with Crippen molar-refractivity contribution in [3.63, 3.8) is 0 Å². The topological polar surface area (TPSA) is 23.8 Å². The summed E-state index contributed by atoms with van der Waals surface area (Å²) in [6.07, 6.45) is 0. The van der Waals surface area contributed by atoms with Gasteiger partial charge in [-0.15, -0.1) is 0 Å². The summed E-state index contributed by atoms with van der Waals surface area (Å²) in [7, 11) is 0. The monoisotopic (exact) mass is 229 g/mol. The normalized spacial score (nSPS) is 10.0. The number of hydrogen-bond acceptors (Lipinski definition) is 1. The third-order valence-electron chi connectivity index (χ3n) is 2.68. The fourth-order valence-electron chi connectivity index (χ4n) is 1.76. The van der Waals surface area contributed by atoms with Gasteiger partial charge in [0.1, 0.15) is 17.7 Å². The molecular formula is C14H9F2N. The van der Waals surface area contributed by atoms with Crippen molar-refractivity contribution in [2.24, 2.45) is 0 Å². The molecular weight excluding hydrogens is 220 g/mol. The molecule has 0 bridgehead atoms. The van der Waals surface area contributed by atoms with E-state index >= 15 is 0 Å². The van der Waals surface area contributed by atoms with Crippen LogP contribution in [0, 0.1) is 29.9 Å². The molecule has 0 radical (unpaired) electrons. The Morgan fingerprint density at radius 1 is 0.941 bits per heavy atom. The molecule has 0 aromatic heterocycles. The molecule has 1 nitrogen and oxygen atoms in total. The molecule has 0 saturated carbocycles. The zero-order valence-corrected chi connectivity index (χ0v) is 9.17. The molecule has 0 N–H and O–H groups in total. The van der Waals surface area contributed by atoms with Crippen molar-refractivity contribution in [1.82, 2.24) is 0 Å². The Balaban J connectivity index is 2.74. The van der Waals surface area contributed by atoms with Crippen molar-refractivity contribution in [2.75, 3.05) is 0 Å². The van der Waals surface area contributed by atoms with Gasteiger partial charge in [0.15, 0.2) is 0 Å². The highest BCUT2D eigenvalue weighted by atomic mass is 19.1. The second-order valence-electron chi connectivity index (χ2n) is 3.69. The van der Waals surface area contributed by atoms with Crippen molar-refractivity contribution in [3.8, 4) is 17.2 Å². The number of hydrogen-bond donors (Lipinski definition) is 0. The summed E-state index contributed by atoms with van der Waals surface area (Å²) in [6.45, 7) is 1.61. The van der Waals surface area contributed by atoms with E-state index in [0.29, 0.717) is 16.7 Å². The van der Waals surface area contributed by atoms with Gasteiger partial charge in [-0.2, -0.15) is 5.26 Å². The number of nitrogens with zero attached hydrogens (tertiary/aromatic N) is 1. The SMILES string of the molecule is Cc1c(F)cccc1-c1cccc(F)c1C#N. The fraction of sp³-hybridized carbons (Fsp3) is 0.0714. The summed E-state index contributed by atoms with van der Waals surface area (Å²) in [5.41, 5.74) is 1.32. The molecule has 2 rings (SSSR count). The Morgan fingerprint density at radius 2 is 1.53 bits per heavy atom. The second-order valence-corrected chi connectivity index (χ2v) is 3.69. The Hall–Kier alpha value is -2.21. The van der Waals surface area contributed by atoms with Gasteiger partial charge in [-0.1, -0.05) is 24.3 Å². The van der Waals surface area contributed by atoms with E-state index in [9.17, 15) is 8.78 Å². The lowest BCUT2D eigenvalue weighted by Crippen LogP contribution is -1.93. The minimum absolute atomic E-state index is 0.0544. The van der Waals surface area contributed by atoms with E-state index in [2.05, 4.69) is 0 Å². The van der Waals surface area contributed by atoms with E-state index in [-0.39, 0.29) is 11.4 Å². The van der Waals surface area contributed by atoms with Crippen LogP contribution >= 0.6 is 0 Å². The lowest BCUT2D eigenvalue weighted by atomic mass is 9.96. The Kier molecular flexibility index (Phi) is 2.88. The van der Waals surface area contributed by atoms with Gasteiger partial charge in [-0.05, 0) is 30.2 Å². The molecule has 0 heterocycles. The standard InChI is InChI=1S/C14H9F2N/c1-9-10(4-2-6-13(9)15)11-5-3-7-14(16)12(11)8-17/h2-7H,1H3. The molecule has 2 aromatic carbocycles. The van der Waals surface area contributed by atoms with Crippen molar-refractivity contribution >= 4 is 0 Å². The highest BCUT2D eigenvalue weighted by molar-refractivity contribution is 5.73. The Labute approximate surface area is 97.9 Å². The van der Waals surface area contributed by atoms with Crippen LogP contribution in [0.3, 0.4) is 0 Å². The van der Waals surface area contributed by atoms with Crippen LogP contribution in [-0.4, -0.2) is 0 Å². The first-order chi connectivity index (χ1) is 8.15. The van der Waals surface area contributed by atoms with Gasteiger partial charge in [0, 0.05) is 5.56 Å². The predicted molar refractivity (Wildman–Crippen MR) is 61.2 cm³/mol. The highest BCUT2D eigenvalue weighted by Gasteiger charge is 2.12. The quantitative estimate of drug-likeness (QED) is 0.729. The fourth-order valence-corrected chi connectivity index (χ4v) is 1.76. The van der Waals surface area contributed by atoms with Gasteiger partial charge in [0.05, 0.1) is 5.56 Å². The molecule has 0 fully saturated rings. The highest BCUT2D eigenvalue weighted by Crippen LogP contribution is 2.29. The van der Waals surface area contributed by atoms with Gasteiger partial charge < -0.3 is 0 Å². The van der Waals surface area contributed by atoms with E-state index in [1.807, 2.05) is 6.07 Å². The van der Waals surface area contributed by atoms with Crippen molar-refractivity contribution < 1.29 is 8.78 Å². The molecule has 0 spiro atoms. The number of rotatable bonds is 1. The van der Waals surface area contributed by atoms with Gasteiger partial charge in [0.2, 0.25) is 0 Å². The molecule has 2 aromatic rings. The average Bonchev–Trinajstić information content (AvgIpc) is 2.32. The molecule has 0 amide bonds. The maximum absolute atomic E-state index is 13.5. The lowest BCUT2D eigenvalue weighted by Gasteiger charge is -2.08. The largest absolute Gasteiger partial charge is 0.207 e. The summed E-state index contributed by atoms with van der Waals surface area (Å²) in [5.74, 6) is -0.954. The summed E-state index contributed by atoms with van der Waals surface area (Å²) >= 11 is 0. The van der Waals surface area contributed by atoms with Gasteiger partial charge in [0.25, 0.3) is 0 Å². The minimum atomic E-state index is -0.589. The first-order valence-electron chi connectivity index (χ1n) is 5.09. The molecule has 0 aliphatic carbocycles. The zero-order chi connectivity index (χ0) is 12.4. The van der Waals surface area contributed by atoms with Crippen LogP contribution in [-0.2, 0) is 0 Å². The molecule has 0 aliphatic rings. The third kappa shape index (κ3) is 1.90. The molecule has 0 unspecified atom stereocenters. The van der Waals surface area contributed by atoms with Crippen molar-refractivity contribution in [1.29, 1.82) is 5.26 Å².